The summed E-state index contributed by atoms with van der Waals surface area (Å²) in [6.45, 7) is 4.07. The smallest absolute Gasteiger partial charge is 0.342 e. The quantitative estimate of drug-likeness (QED) is 0.868. The van der Waals surface area contributed by atoms with Crippen LogP contribution in [0.4, 0.5) is 5.69 Å². The third-order valence-corrected chi connectivity index (χ3v) is 3.60. The molecule has 7 heteroatoms. The van der Waals surface area contributed by atoms with Gasteiger partial charge in [0.2, 0.25) is 0 Å². The highest BCUT2D eigenvalue weighted by Crippen LogP contribution is 2.28. The van der Waals surface area contributed by atoms with Gasteiger partial charge in [0.05, 0.1) is 11.5 Å². The van der Waals surface area contributed by atoms with Crippen LogP contribution in [0.15, 0.2) is 22.3 Å². The average Bonchev–Trinajstić information content (AvgIpc) is 2.95. The first-order chi connectivity index (χ1) is 9.60. The number of rotatable bonds is 4. The number of thiophene rings is 1. The van der Waals surface area contributed by atoms with Gasteiger partial charge in [0.25, 0.3) is 5.56 Å². The molecule has 0 aliphatic carbocycles. The van der Waals surface area contributed by atoms with Gasteiger partial charge in [0.15, 0.2) is 0 Å². The molecule has 0 radical (unpaired) electrons. The van der Waals surface area contributed by atoms with Gasteiger partial charge < -0.3 is 10.5 Å². The van der Waals surface area contributed by atoms with Crippen molar-refractivity contribution >= 4 is 23.0 Å². The molecule has 2 N–H and O–H groups in total. The zero-order valence-electron chi connectivity index (χ0n) is 11.3. The van der Waals surface area contributed by atoms with Gasteiger partial charge in [0.1, 0.15) is 16.9 Å². The van der Waals surface area contributed by atoms with Crippen molar-refractivity contribution < 1.29 is 9.53 Å². The Morgan fingerprint density at radius 2 is 2.25 bits per heavy atom. The topological polar surface area (TPSA) is 87.2 Å². The van der Waals surface area contributed by atoms with E-state index in [-0.39, 0.29) is 17.9 Å². The molecule has 0 fully saturated rings. The molecule has 0 aromatic carbocycles. The Morgan fingerprint density at radius 3 is 2.80 bits per heavy atom. The number of esters is 1. The van der Waals surface area contributed by atoms with E-state index in [9.17, 15) is 9.59 Å². The number of nitrogen functional groups attached to an aromatic ring is 1. The van der Waals surface area contributed by atoms with Crippen LogP contribution >= 0.6 is 11.3 Å². The molecule has 2 aromatic rings. The van der Waals surface area contributed by atoms with E-state index in [4.69, 9.17) is 10.5 Å². The molecule has 2 aromatic heterocycles. The van der Waals surface area contributed by atoms with Crippen LogP contribution in [0.3, 0.4) is 0 Å². The highest BCUT2D eigenvalue weighted by Gasteiger charge is 2.23. The normalized spacial score (nSPS) is 10.5. The van der Waals surface area contributed by atoms with Gasteiger partial charge in [-0.1, -0.05) is 6.07 Å². The van der Waals surface area contributed by atoms with Gasteiger partial charge in [0, 0.05) is 6.54 Å². The van der Waals surface area contributed by atoms with Crippen LogP contribution in [0.2, 0.25) is 0 Å². The first kappa shape index (κ1) is 14.3. The van der Waals surface area contributed by atoms with Crippen molar-refractivity contribution in [1.29, 1.82) is 0 Å². The zero-order valence-corrected chi connectivity index (χ0v) is 12.1. The molecular weight excluding hydrogens is 278 g/mol. The summed E-state index contributed by atoms with van der Waals surface area (Å²) in [5, 5.41) is 6.10. The van der Waals surface area contributed by atoms with E-state index in [0.717, 1.165) is 4.88 Å². The highest BCUT2D eigenvalue weighted by atomic mass is 32.1. The van der Waals surface area contributed by atoms with Crippen LogP contribution < -0.4 is 11.3 Å². The largest absolute Gasteiger partial charge is 0.462 e. The molecule has 0 unspecified atom stereocenters. The number of carbonyl (C=O) groups is 1. The summed E-state index contributed by atoms with van der Waals surface area (Å²) >= 11 is 1.42. The number of anilines is 1. The van der Waals surface area contributed by atoms with Crippen molar-refractivity contribution in [2.45, 2.75) is 20.4 Å². The summed E-state index contributed by atoms with van der Waals surface area (Å²) in [5.74, 6) is -0.624. The standard InChI is InChI=1S/C13H15N3O3S/c1-3-16-12(17)10(14)9(13(18)19-4-2)11(15-16)8-6-5-7-20-8/h5-7H,3-4,14H2,1-2H3. The molecule has 0 saturated heterocycles. The van der Waals surface area contributed by atoms with Crippen LogP contribution in [-0.2, 0) is 11.3 Å². The Morgan fingerprint density at radius 1 is 1.50 bits per heavy atom. The van der Waals surface area contributed by atoms with Crippen molar-refractivity contribution in [3.8, 4) is 10.6 Å². The summed E-state index contributed by atoms with van der Waals surface area (Å²) in [5.41, 5.74) is 5.66. The minimum atomic E-state index is -0.624. The number of nitrogens with zero attached hydrogens (tertiary/aromatic N) is 2. The lowest BCUT2D eigenvalue weighted by atomic mass is 10.1. The molecule has 0 amide bonds. The summed E-state index contributed by atoms with van der Waals surface area (Å²) in [7, 11) is 0. The summed E-state index contributed by atoms with van der Waals surface area (Å²) in [6.07, 6.45) is 0. The van der Waals surface area contributed by atoms with Crippen LogP contribution in [0.5, 0.6) is 0 Å². The molecule has 20 heavy (non-hydrogen) atoms. The molecule has 6 nitrogen and oxygen atoms in total. The lowest BCUT2D eigenvalue weighted by molar-refractivity contribution is 0.0527. The van der Waals surface area contributed by atoms with E-state index >= 15 is 0 Å². The number of aromatic nitrogens is 2. The molecule has 106 valence electrons. The molecule has 0 aliphatic heterocycles. The fraction of sp³-hybridized carbons (Fsp3) is 0.308. The van der Waals surface area contributed by atoms with Gasteiger partial charge in [-0.05, 0) is 25.3 Å². The maximum atomic E-state index is 12.0. The Kier molecular flexibility index (Phi) is 4.19. The number of hydrogen-bond acceptors (Lipinski definition) is 6. The van der Waals surface area contributed by atoms with Gasteiger partial charge in [-0.15, -0.1) is 11.3 Å². The lowest BCUT2D eigenvalue weighted by Gasteiger charge is -2.12. The molecule has 0 aliphatic rings. The van der Waals surface area contributed by atoms with Gasteiger partial charge in [-0.2, -0.15) is 5.10 Å². The van der Waals surface area contributed by atoms with Crippen molar-refractivity contribution in [1.82, 2.24) is 9.78 Å². The number of nitrogens with two attached hydrogens (primary N) is 1. The van der Waals surface area contributed by atoms with Gasteiger partial charge in [-0.25, -0.2) is 9.48 Å². The van der Waals surface area contributed by atoms with E-state index in [0.29, 0.717) is 12.2 Å². The second kappa shape index (κ2) is 5.87. The van der Waals surface area contributed by atoms with Crippen LogP contribution in [-0.4, -0.2) is 22.4 Å². The zero-order chi connectivity index (χ0) is 14.7. The molecule has 2 heterocycles. The monoisotopic (exact) mass is 293 g/mol. The molecule has 0 bridgehead atoms. The Bertz CT molecular complexity index is 677. The highest BCUT2D eigenvalue weighted by molar-refractivity contribution is 7.13. The van der Waals surface area contributed by atoms with Crippen molar-refractivity contribution in [3.63, 3.8) is 0 Å². The van der Waals surface area contributed by atoms with Crippen LogP contribution in [0.25, 0.3) is 10.6 Å². The number of ether oxygens (including phenoxy) is 1. The van der Waals surface area contributed by atoms with E-state index in [2.05, 4.69) is 5.10 Å². The van der Waals surface area contributed by atoms with Crippen molar-refractivity contribution in [2.24, 2.45) is 0 Å². The first-order valence-corrected chi connectivity index (χ1v) is 7.09. The third-order valence-electron chi connectivity index (χ3n) is 2.73. The summed E-state index contributed by atoms with van der Waals surface area (Å²) < 4.78 is 6.22. The summed E-state index contributed by atoms with van der Waals surface area (Å²) in [4.78, 5) is 24.8. The second-order valence-corrected chi connectivity index (χ2v) is 4.90. The minimum Gasteiger partial charge on any atom is -0.462 e. The maximum Gasteiger partial charge on any atom is 0.342 e. The predicted molar refractivity (Wildman–Crippen MR) is 77.9 cm³/mol. The lowest BCUT2D eigenvalue weighted by Crippen LogP contribution is -2.29. The fourth-order valence-electron chi connectivity index (χ4n) is 1.80. The Labute approximate surface area is 119 Å². The van der Waals surface area contributed by atoms with Crippen molar-refractivity contribution in [2.75, 3.05) is 12.3 Å². The molecular formula is C13H15N3O3S. The minimum absolute atomic E-state index is 0.0454. The van der Waals surface area contributed by atoms with E-state index in [1.165, 1.54) is 16.0 Å². The Hall–Kier alpha value is -2.15. The predicted octanol–water partition coefficient (Wildman–Crippen LogP) is 1.75. The van der Waals surface area contributed by atoms with E-state index < -0.39 is 11.5 Å². The van der Waals surface area contributed by atoms with E-state index in [1.807, 2.05) is 17.5 Å². The average molecular weight is 293 g/mol. The summed E-state index contributed by atoms with van der Waals surface area (Å²) in [6, 6.07) is 3.66. The molecule has 0 saturated carbocycles. The van der Waals surface area contributed by atoms with Crippen LogP contribution in [0, 0.1) is 0 Å². The van der Waals surface area contributed by atoms with Gasteiger partial charge in [-0.3, -0.25) is 4.79 Å². The number of carbonyl (C=O) groups excluding carboxylic acids is 1. The second-order valence-electron chi connectivity index (χ2n) is 3.96. The Balaban J connectivity index is 2.73. The SMILES string of the molecule is CCOC(=O)c1c(-c2cccs2)nn(CC)c(=O)c1N. The molecule has 0 spiro atoms. The maximum absolute atomic E-state index is 12.0. The van der Waals surface area contributed by atoms with E-state index in [1.54, 1.807) is 13.8 Å². The number of aryl methyl sites for hydroxylation is 1. The van der Waals surface area contributed by atoms with Gasteiger partial charge >= 0.3 is 5.97 Å². The van der Waals surface area contributed by atoms with Crippen molar-refractivity contribution in [3.05, 3.63) is 33.4 Å². The fourth-order valence-corrected chi connectivity index (χ4v) is 2.52. The first-order valence-electron chi connectivity index (χ1n) is 6.21. The molecule has 2 rings (SSSR count). The molecule has 0 atom stereocenters. The third kappa shape index (κ3) is 2.44. The number of hydrogen-bond donors (Lipinski definition) is 1. The van der Waals surface area contributed by atoms with Crippen LogP contribution in [0.1, 0.15) is 24.2 Å².